The van der Waals surface area contributed by atoms with Gasteiger partial charge in [-0.3, -0.25) is 14.5 Å². The number of para-hydroxylation sites is 1. The molecule has 1 N–H and O–H groups in total. The van der Waals surface area contributed by atoms with Gasteiger partial charge in [-0.15, -0.1) is 0 Å². The molecule has 4 rings (SSSR count). The van der Waals surface area contributed by atoms with Crippen LogP contribution in [0.2, 0.25) is 0 Å². The summed E-state index contributed by atoms with van der Waals surface area (Å²) in [6.07, 6.45) is -0.00340. The number of Topliss-reactive ketones (excluding diaryl/α,β-unsaturated/α-hetero) is 1. The number of nitrogens with zero attached hydrogens (tertiary/aromatic N) is 1. The first-order valence-electron chi connectivity index (χ1n) is 11.2. The molecule has 0 radical (unpaired) electrons. The van der Waals surface area contributed by atoms with E-state index in [1.165, 1.54) is 19.1 Å². The summed E-state index contributed by atoms with van der Waals surface area (Å²) in [6.45, 7) is 3.86. The number of carbonyl (C=O) groups is 2. The number of ketones is 1. The van der Waals surface area contributed by atoms with Gasteiger partial charge in [-0.1, -0.05) is 30.3 Å². The summed E-state index contributed by atoms with van der Waals surface area (Å²) in [5, 5.41) is 11.4. The van der Waals surface area contributed by atoms with Gasteiger partial charge in [0.05, 0.1) is 37.5 Å². The van der Waals surface area contributed by atoms with Crippen molar-refractivity contribution < 1.29 is 28.9 Å². The highest BCUT2D eigenvalue weighted by Crippen LogP contribution is 2.44. The van der Waals surface area contributed by atoms with Gasteiger partial charge >= 0.3 is 0 Å². The summed E-state index contributed by atoms with van der Waals surface area (Å²) in [5.41, 5.74) is 1.40. The largest absolute Gasteiger partial charge is 0.507 e. The molecule has 180 valence electrons. The average Bonchev–Trinajstić information content (AvgIpc) is 3.14. The van der Waals surface area contributed by atoms with Gasteiger partial charge in [0.1, 0.15) is 23.0 Å². The third-order valence-electron chi connectivity index (χ3n) is 5.71. The molecule has 1 heterocycles. The fraction of sp³-hybridized carbons (Fsp3) is 0.214. The molecule has 1 aliphatic heterocycles. The van der Waals surface area contributed by atoms with Gasteiger partial charge in [-0.2, -0.15) is 0 Å². The van der Waals surface area contributed by atoms with Gasteiger partial charge in [0, 0.05) is 5.69 Å². The molecule has 7 nitrogen and oxygen atoms in total. The van der Waals surface area contributed by atoms with Crippen LogP contribution in [0.25, 0.3) is 5.76 Å². The Labute approximate surface area is 204 Å². The number of hydrogen-bond donors (Lipinski definition) is 1. The second kappa shape index (κ2) is 9.93. The van der Waals surface area contributed by atoms with Crippen molar-refractivity contribution in [2.24, 2.45) is 0 Å². The van der Waals surface area contributed by atoms with Crippen molar-refractivity contribution in [1.29, 1.82) is 0 Å². The van der Waals surface area contributed by atoms with E-state index in [0.29, 0.717) is 28.5 Å². The first-order valence-corrected chi connectivity index (χ1v) is 11.2. The molecule has 7 heteroatoms. The lowest BCUT2D eigenvalue weighted by atomic mass is 9.94. The second-order valence-electron chi connectivity index (χ2n) is 8.31. The van der Waals surface area contributed by atoms with E-state index in [1.54, 1.807) is 66.7 Å². The Hall–Kier alpha value is -4.26. The van der Waals surface area contributed by atoms with Crippen molar-refractivity contribution in [3.05, 3.63) is 89.5 Å². The molecule has 3 aromatic carbocycles. The van der Waals surface area contributed by atoms with Crippen LogP contribution in [-0.2, 0) is 9.59 Å². The van der Waals surface area contributed by atoms with E-state index < -0.39 is 17.7 Å². The van der Waals surface area contributed by atoms with Crippen LogP contribution in [-0.4, -0.2) is 37.1 Å². The normalized spacial score (nSPS) is 17.1. The van der Waals surface area contributed by atoms with Crippen molar-refractivity contribution in [2.75, 3.05) is 19.1 Å². The topological polar surface area (TPSA) is 85.3 Å². The van der Waals surface area contributed by atoms with Gasteiger partial charge < -0.3 is 19.3 Å². The van der Waals surface area contributed by atoms with Crippen molar-refractivity contribution in [1.82, 2.24) is 0 Å². The summed E-state index contributed by atoms with van der Waals surface area (Å²) < 4.78 is 16.5. The third-order valence-corrected chi connectivity index (χ3v) is 5.71. The lowest BCUT2D eigenvalue weighted by Gasteiger charge is -2.26. The summed E-state index contributed by atoms with van der Waals surface area (Å²) in [7, 11) is 2.97. The van der Waals surface area contributed by atoms with E-state index >= 15 is 0 Å². The highest BCUT2D eigenvalue weighted by molar-refractivity contribution is 6.51. The number of aliphatic hydroxyl groups excluding tert-OH is 1. The summed E-state index contributed by atoms with van der Waals surface area (Å²) in [6, 6.07) is 20.1. The van der Waals surface area contributed by atoms with E-state index in [-0.39, 0.29) is 23.0 Å². The van der Waals surface area contributed by atoms with Crippen LogP contribution in [0.1, 0.15) is 31.0 Å². The van der Waals surface area contributed by atoms with Crippen LogP contribution in [0.4, 0.5) is 5.69 Å². The molecule has 1 saturated heterocycles. The highest BCUT2D eigenvalue weighted by atomic mass is 16.5. The van der Waals surface area contributed by atoms with Gasteiger partial charge in [0.25, 0.3) is 11.7 Å². The van der Waals surface area contributed by atoms with E-state index in [1.807, 2.05) is 19.9 Å². The number of amides is 1. The standard InChI is InChI=1S/C28H27NO6/c1-17(2)35-20-12-10-18(11-13-20)25-24(26(30)22-16-21(33-3)14-15-23(22)34-4)27(31)28(32)29(25)19-8-6-5-7-9-19/h5-17,25,30H,1-4H3/b26-24+. The quantitative estimate of drug-likeness (QED) is 0.291. The lowest BCUT2D eigenvalue weighted by Crippen LogP contribution is -2.29. The van der Waals surface area contributed by atoms with Crippen LogP contribution >= 0.6 is 0 Å². The predicted octanol–water partition coefficient (Wildman–Crippen LogP) is 5.12. The first kappa shape index (κ1) is 23.9. The molecule has 0 aliphatic carbocycles. The SMILES string of the molecule is COc1ccc(OC)c(/C(O)=C2\C(=O)C(=O)N(c3ccccc3)C2c2ccc(OC(C)C)cc2)c1. The van der Waals surface area contributed by atoms with Crippen LogP contribution in [0.5, 0.6) is 17.2 Å². The molecule has 35 heavy (non-hydrogen) atoms. The van der Waals surface area contributed by atoms with Gasteiger partial charge in [0.2, 0.25) is 0 Å². The summed E-state index contributed by atoms with van der Waals surface area (Å²) in [5.74, 6) is -0.388. The maximum atomic E-state index is 13.3. The minimum absolute atomic E-state index is 0.00340. The minimum atomic E-state index is -0.860. The first-order chi connectivity index (χ1) is 16.8. The van der Waals surface area contributed by atoms with Crippen LogP contribution < -0.4 is 19.1 Å². The maximum Gasteiger partial charge on any atom is 0.300 e. The van der Waals surface area contributed by atoms with E-state index in [0.717, 1.165) is 0 Å². The molecular weight excluding hydrogens is 446 g/mol. The Morgan fingerprint density at radius 3 is 2.14 bits per heavy atom. The van der Waals surface area contributed by atoms with Crippen LogP contribution in [0.15, 0.2) is 78.4 Å². The predicted molar refractivity (Wildman–Crippen MR) is 133 cm³/mol. The molecule has 1 amide bonds. The number of ether oxygens (including phenoxy) is 3. The Bertz CT molecular complexity index is 1260. The monoisotopic (exact) mass is 473 g/mol. The van der Waals surface area contributed by atoms with Gasteiger partial charge in [-0.25, -0.2) is 0 Å². The zero-order chi connectivity index (χ0) is 25.1. The number of methoxy groups -OCH3 is 2. The van der Waals surface area contributed by atoms with E-state index in [4.69, 9.17) is 14.2 Å². The Morgan fingerprint density at radius 2 is 1.54 bits per heavy atom. The van der Waals surface area contributed by atoms with Crippen LogP contribution in [0, 0.1) is 0 Å². The molecule has 1 unspecified atom stereocenters. The Balaban J connectivity index is 1.93. The van der Waals surface area contributed by atoms with Crippen molar-refractivity contribution in [2.45, 2.75) is 26.0 Å². The van der Waals surface area contributed by atoms with Crippen molar-refractivity contribution >= 4 is 23.1 Å². The van der Waals surface area contributed by atoms with E-state index in [2.05, 4.69) is 0 Å². The number of hydrogen-bond acceptors (Lipinski definition) is 6. The molecule has 0 saturated carbocycles. The Morgan fingerprint density at radius 1 is 0.886 bits per heavy atom. The summed E-state index contributed by atoms with van der Waals surface area (Å²) in [4.78, 5) is 28.0. The molecule has 0 bridgehead atoms. The minimum Gasteiger partial charge on any atom is -0.507 e. The van der Waals surface area contributed by atoms with Crippen molar-refractivity contribution in [3.63, 3.8) is 0 Å². The number of anilines is 1. The smallest absolute Gasteiger partial charge is 0.300 e. The molecule has 0 aromatic heterocycles. The fourth-order valence-corrected chi connectivity index (χ4v) is 4.15. The van der Waals surface area contributed by atoms with Gasteiger partial charge in [-0.05, 0) is 61.9 Å². The average molecular weight is 474 g/mol. The molecule has 0 spiro atoms. The van der Waals surface area contributed by atoms with E-state index in [9.17, 15) is 14.7 Å². The fourth-order valence-electron chi connectivity index (χ4n) is 4.15. The van der Waals surface area contributed by atoms with Gasteiger partial charge in [0.15, 0.2) is 0 Å². The maximum absolute atomic E-state index is 13.3. The molecule has 1 aliphatic rings. The number of benzene rings is 3. The molecule has 1 fully saturated rings. The zero-order valence-corrected chi connectivity index (χ0v) is 20.0. The zero-order valence-electron chi connectivity index (χ0n) is 20.0. The molecular formula is C28H27NO6. The Kier molecular flexibility index (Phi) is 6.78. The number of carbonyl (C=O) groups excluding carboxylic acids is 2. The number of aliphatic hydroxyl groups is 1. The van der Waals surface area contributed by atoms with Crippen molar-refractivity contribution in [3.8, 4) is 17.2 Å². The number of rotatable bonds is 7. The molecule has 1 atom stereocenters. The molecule has 3 aromatic rings. The summed E-state index contributed by atoms with van der Waals surface area (Å²) >= 11 is 0. The van der Waals surface area contributed by atoms with Crippen LogP contribution in [0.3, 0.4) is 0 Å². The lowest BCUT2D eigenvalue weighted by molar-refractivity contribution is -0.132. The third kappa shape index (κ3) is 4.57. The highest BCUT2D eigenvalue weighted by Gasteiger charge is 2.47. The second-order valence-corrected chi connectivity index (χ2v) is 8.31.